The van der Waals surface area contributed by atoms with E-state index in [4.69, 9.17) is 4.74 Å². The molecule has 2 aromatic carbocycles. The maximum Gasteiger partial charge on any atom is 0.223 e. The lowest BCUT2D eigenvalue weighted by molar-refractivity contribution is -0.127. The van der Waals surface area contributed by atoms with E-state index in [0.29, 0.717) is 18.9 Å². The molecule has 1 fully saturated rings. The Balaban J connectivity index is 0.00000341. The van der Waals surface area contributed by atoms with Gasteiger partial charge in [0.05, 0.1) is 6.10 Å². The summed E-state index contributed by atoms with van der Waals surface area (Å²) < 4.78 is 5.60. The molecule has 0 radical (unpaired) electrons. The van der Waals surface area contributed by atoms with E-state index in [1.165, 1.54) is 5.56 Å². The average Bonchev–Trinajstić information content (AvgIpc) is 3.15. The van der Waals surface area contributed by atoms with Crippen LogP contribution in [0.3, 0.4) is 0 Å². The molecule has 1 heterocycles. The van der Waals surface area contributed by atoms with E-state index in [1.807, 2.05) is 41.3 Å². The Hall–Kier alpha value is -2.13. The minimum absolute atomic E-state index is 0. The number of carbonyl (C=O) groups is 1. The summed E-state index contributed by atoms with van der Waals surface area (Å²) >= 11 is 0. The average molecular weight is 536 g/mol. The normalized spacial score (nSPS) is 17.2. The van der Waals surface area contributed by atoms with Crippen LogP contribution in [-0.4, -0.2) is 57.1 Å². The van der Waals surface area contributed by atoms with Gasteiger partial charge in [-0.2, -0.15) is 0 Å². The number of nitrogens with zero attached hydrogens (tertiary/aromatic N) is 2. The van der Waals surface area contributed by atoms with Crippen molar-refractivity contribution in [3.8, 4) is 0 Å². The van der Waals surface area contributed by atoms with Gasteiger partial charge in [0.2, 0.25) is 5.91 Å². The molecule has 0 spiro atoms. The molecular formula is C24H33IN4O2. The van der Waals surface area contributed by atoms with Gasteiger partial charge >= 0.3 is 0 Å². The Morgan fingerprint density at radius 2 is 1.81 bits per heavy atom. The second kappa shape index (κ2) is 13.3. The third kappa shape index (κ3) is 7.81. The second-order valence-electron chi connectivity index (χ2n) is 7.61. The number of ether oxygens (including phenoxy) is 1. The van der Waals surface area contributed by atoms with Gasteiger partial charge in [-0.3, -0.25) is 9.79 Å². The molecule has 3 rings (SSSR count). The van der Waals surface area contributed by atoms with E-state index < -0.39 is 0 Å². The third-order valence-corrected chi connectivity index (χ3v) is 5.50. The number of rotatable bonds is 9. The maximum atomic E-state index is 12.4. The Morgan fingerprint density at radius 3 is 2.45 bits per heavy atom. The zero-order valence-corrected chi connectivity index (χ0v) is 20.6. The lowest BCUT2D eigenvalue weighted by Gasteiger charge is -2.20. The summed E-state index contributed by atoms with van der Waals surface area (Å²) in [5.41, 5.74) is 2.39. The molecule has 0 saturated carbocycles. The zero-order valence-electron chi connectivity index (χ0n) is 18.3. The first kappa shape index (κ1) is 25.1. The lowest BCUT2D eigenvalue weighted by atomic mass is 10.1. The largest absolute Gasteiger partial charge is 0.375 e. The van der Waals surface area contributed by atoms with Gasteiger partial charge < -0.3 is 20.3 Å². The number of benzene rings is 2. The fourth-order valence-corrected chi connectivity index (χ4v) is 3.77. The van der Waals surface area contributed by atoms with Crippen LogP contribution >= 0.6 is 24.0 Å². The Bertz CT molecular complexity index is 817. The van der Waals surface area contributed by atoms with Crippen molar-refractivity contribution in [2.45, 2.75) is 18.9 Å². The monoisotopic (exact) mass is 536 g/mol. The first-order valence-corrected chi connectivity index (χ1v) is 10.5. The fraction of sp³-hybridized carbons (Fsp3) is 0.417. The van der Waals surface area contributed by atoms with Crippen molar-refractivity contribution in [2.75, 3.05) is 40.3 Å². The van der Waals surface area contributed by atoms with Crippen LogP contribution in [0.4, 0.5) is 0 Å². The van der Waals surface area contributed by atoms with Crippen molar-refractivity contribution in [1.82, 2.24) is 15.5 Å². The van der Waals surface area contributed by atoms with E-state index in [0.717, 1.165) is 37.6 Å². The number of nitrogens with one attached hydrogen (secondary N) is 2. The maximum absolute atomic E-state index is 12.4. The Labute approximate surface area is 202 Å². The fourth-order valence-electron chi connectivity index (χ4n) is 3.77. The van der Waals surface area contributed by atoms with Gasteiger partial charge in [-0.05, 0) is 17.5 Å². The number of methoxy groups -OCH3 is 1. The predicted molar refractivity (Wildman–Crippen MR) is 136 cm³/mol. The van der Waals surface area contributed by atoms with Crippen molar-refractivity contribution in [3.63, 3.8) is 0 Å². The Kier molecular flexibility index (Phi) is 10.8. The summed E-state index contributed by atoms with van der Waals surface area (Å²) in [6.45, 7) is 2.91. The van der Waals surface area contributed by atoms with Crippen molar-refractivity contribution >= 4 is 35.8 Å². The number of halogens is 1. The molecule has 1 aliphatic heterocycles. The molecule has 1 saturated heterocycles. The summed E-state index contributed by atoms with van der Waals surface area (Å²) in [6.07, 6.45) is 1.43. The molecule has 7 heteroatoms. The summed E-state index contributed by atoms with van der Waals surface area (Å²) in [5.74, 6) is 1.26. The van der Waals surface area contributed by atoms with Crippen LogP contribution in [0.2, 0.25) is 0 Å². The van der Waals surface area contributed by atoms with E-state index in [1.54, 1.807) is 14.2 Å². The molecule has 2 aromatic rings. The number of hydrogen-bond acceptors (Lipinski definition) is 3. The molecule has 168 valence electrons. The molecule has 0 bridgehead atoms. The molecule has 2 unspecified atom stereocenters. The van der Waals surface area contributed by atoms with Gasteiger partial charge in [0.15, 0.2) is 5.96 Å². The first-order valence-electron chi connectivity index (χ1n) is 10.5. The zero-order chi connectivity index (χ0) is 21.2. The summed E-state index contributed by atoms with van der Waals surface area (Å²) in [7, 11) is 3.47. The molecule has 1 aliphatic rings. The van der Waals surface area contributed by atoms with Crippen molar-refractivity contribution in [2.24, 2.45) is 10.9 Å². The number of carbonyl (C=O) groups excluding carboxylic acids is 1. The topological polar surface area (TPSA) is 66.0 Å². The molecule has 0 aliphatic carbocycles. The van der Waals surface area contributed by atoms with Crippen molar-refractivity contribution in [3.05, 3.63) is 71.8 Å². The van der Waals surface area contributed by atoms with Gasteiger partial charge in [0.25, 0.3) is 0 Å². The summed E-state index contributed by atoms with van der Waals surface area (Å²) in [4.78, 5) is 18.6. The summed E-state index contributed by atoms with van der Waals surface area (Å²) in [5, 5.41) is 6.69. The van der Waals surface area contributed by atoms with Gasteiger partial charge in [-0.25, -0.2) is 0 Å². The number of likely N-dealkylation sites (tertiary alicyclic amines) is 1. The minimum atomic E-state index is -0.0497. The summed E-state index contributed by atoms with van der Waals surface area (Å²) in [6, 6.07) is 20.4. The van der Waals surface area contributed by atoms with Crippen LogP contribution in [0.1, 0.15) is 23.7 Å². The third-order valence-electron chi connectivity index (χ3n) is 5.50. The van der Waals surface area contributed by atoms with Crippen LogP contribution in [0, 0.1) is 5.92 Å². The van der Waals surface area contributed by atoms with Crippen LogP contribution in [0.15, 0.2) is 65.7 Å². The number of guanidine groups is 1. The van der Waals surface area contributed by atoms with Gasteiger partial charge in [-0.1, -0.05) is 60.7 Å². The number of aliphatic imine (C=N–C) groups is 1. The molecule has 1 amide bonds. The van der Waals surface area contributed by atoms with Gasteiger partial charge in [0.1, 0.15) is 0 Å². The molecular weight excluding hydrogens is 503 g/mol. The van der Waals surface area contributed by atoms with Crippen LogP contribution in [0.5, 0.6) is 0 Å². The van der Waals surface area contributed by atoms with E-state index in [9.17, 15) is 4.79 Å². The second-order valence-corrected chi connectivity index (χ2v) is 7.61. The van der Waals surface area contributed by atoms with Crippen LogP contribution in [0.25, 0.3) is 0 Å². The minimum Gasteiger partial charge on any atom is -0.375 e. The van der Waals surface area contributed by atoms with Gasteiger partial charge in [-0.15, -0.1) is 24.0 Å². The first-order chi connectivity index (χ1) is 14.7. The molecule has 0 aromatic heterocycles. The Morgan fingerprint density at radius 1 is 1.13 bits per heavy atom. The lowest BCUT2D eigenvalue weighted by Crippen LogP contribution is -2.42. The van der Waals surface area contributed by atoms with E-state index >= 15 is 0 Å². The SMILES string of the molecule is CN=C(NCC1CC(=O)N(CCc2ccccc2)C1)NCC(OC)c1ccccc1.I. The quantitative estimate of drug-likeness (QED) is 0.294. The highest BCUT2D eigenvalue weighted by Crippen LogP contribution is 2.18. The predicted octanol–water partition coefficient (Wildman–Crippen LogP) is 3.25. The highest BCUT2D eigenvalue weighted by Gasteiger charge is 2.29. The van der Waals surface area contributed by atoms with Crippen molar-refractivity contribution < 1.29 is 9.53 Å². The number of amides is 1. The molecule has 6 nitrogen and oxygen atoms in total. The van der Waals surface area contributed by atoms with E-state index in [-0.39, 0.29) is 36.0 Å². The molecule has 31 heavy (non-hydrogen) atoms. The van der Waals surface area contributed by atoms with Crippen LogP contribution in [-0.2, 0) is 16.0 Å². The van der Waals surface area contributed by atoms with Gasteiger partial charge in [0, 0.05) is 52.7 Å². The molecule has 2 atom stereocenters. The smallest absolute Gasteiger partial charge is 0.223 e. The van der Waals surface area contributed by atoms with Crippen LogP contribution < -0.4 is 10.6 Å². The van der Waals surface area contributed by atoms with Crippen molar-refractivity contribution in [1.29, 1.82) is 0 Å². The van der Waals surface area contributed by atoms with E-state index in [2.05, 4.69) is 39.9 Å². The molecule has 2 N–H and O–H groups in total. The highest BCUT2D eigenvalue weighted by molar-refractivity contribution is 14.0. The number of hydrogen-bond donors (Lipinski definition) is 2. The highest BCUT2D eigenvalue weighted by atomic mass is 127. The standard InChI is InChI=1S/C24H32N4O2.HI/c1-25-24(27-17-22(30-2)21-11-7-4-8-12-21)26-16-20-15-23(29)28(18-20)14-13-19-9-5-3-6-10-19;/h3-12,20,22H,13-18H2,1-2H3,(H2,25,26,27);1H.